The molecule has 1 aliphatic carbocycles. The maximum atomic E-state index is 12.6. The molecule has 0 atom stereocenters. The van der Waals surface area contributed by atoms with Crippen LogP contribution in [0.2, 0.25) is 0 Å². The van der Waals surface area contributed by atoms with E-state index < -0.39 is 4.92 Å². The fraction of sp³-hybridized carbons (Fsp3) is 0.500. The van der Waals surface area contributed by atoms with Crippen LogP contribution in [0.25, 0.3) is 0 Å². The number of carbonyl (C=O) groups is 1. The van der Waals surface area contributed by atoms with Crippen molar-refractivity contribution in [2.24, 2.45) is 0 Å². The Morgan fingerprint density at radius 3 is 2.70 bits per heavy atom. The van der Waals surface area contributed by atoms with Gasteiger partial charge in [-0.1, -0.05) is 22.0 Å². The zero-order chi connectivity index (χ0) is 14.7. The van der Waals surface area contributed by atoms with Crippen LogP contribution in [-0.4, -0.2) is 33.6 Å². The third-order valence-corrected chi connectivity index (χ3v) is 4.19. The van der Waals surface area contributed by atoms with Crippen LogP contribution in [0.5, 0.6) is 0 Å². The molecule has 2 rings (SSSR count). The Kier molecular flexibility index (Phi) is 4.75. The maximum absolute atomic E-state index is 12.6. The van der Waals surface area contributed by atoms with Gasteiger partial charge in [-0.3, -0.25) is 14.9 Å². The Labute approximate surface area is 126 Å². The molecule has 5 nitrogen and oxygen atoms in total. The molecule has 0 spiro atoms. The van der Waals surface area contributed by atoms with Gasteiger partial charge in [-0.25, -0.2) is 0 Å². The van der Waals surface area contributed by atoms with Crippen molar-refractivity contribution >= 4 is 27.5 Å². The number of rotatable bonds is 5. The molecule has 0 unspecified atom stereocenters. The highest BCUT2D eigenvalue weighted by Gasteiger charge is 2.30. The van der Waals surface area contributed by atoms with Crippen LogP contribution in [0, 0.1) is 17.0 Å². The lowest BCUT2D eigenvalue weighted by Crippen LogP contribution is -2.45. The quantitative estimate of drug-likeness (QED) is 0.469. The first-order chi connectivity index (χ1) is 9.56. The Bertz CT molecular complexity index is 529. The van der Waals surface area contributed by atoms with Crippen molar-refractivity contribution in [2.75, 3.05) is 11.9 Å². The Morgan fingerprint density at radius 1 is 1.50 bits per heavy atom. The second kappa shape index (κ2) is 6.35. The van der Waals surface area contributed by atoms with Crippen molar-refractivity contribution in [3.05, 3.63) is 39.4 Å². The van der Waals surface area contributed by atoms with Gasteiger partial charge in [0.05, 0.1) is 4.92 Å². The molecule has 0 aliphatic heterocycles. The van der Waals surface area contributed by atoms with Crippen molar-refractivity contribution in [1.82, 2.24) is 4.90 Å². The molecule has 0 saturated heterocycles. The smallest absolute Gasteiger partial charge is 0.273 e. The van der Waals surface area contributed by atoms with E-state index in [1.54, 1.807) is 19.1 Å². The first kappa shape index (κ1) is 15.0. The van der Waals surface area contributed by atoms with Gasteiger partial charge in [0, 0.05) is 35.1 Å². The van der Waals surface area contributed by atoms with Crippen LogP contribution in [0.3, 0.4) is 0 Å². The molecule has 0 N–H and O–H groups in total. The fourth-order valence-corrected chi connectivity index (χ4v) is 2.83. The van der Waals surface area contributed by atoms with Gasteiger partial charge in [0.25, 0.3) is 11.6 Å². The lowest BCUT2D eigenvalue weighted by Gasteiger charge is -2.37. The lowest BCUT2D eigenvalue weighted by atomic mass is 9.90. The van der Waals surface area contributed by atoms with Crippen LogP contribution in [0.4, 0.5) is 5.69 Å². The third-order valence-electron chi connectivity index (χ3n) is 3.83. The van der Waals surface area contributed by atoms with Gasteiger partial charge >= 0.3 is 0 Å². The molecule has 1 saturated carbocycles. The zero-order valence-corrected chi connectivity index (χ0v) is 12.9. The summed E-state index contributed by atoms with van der Waals surface area (Å²) >= 11 is 3.37. The summed E-state index contributed by atoms with van der Waals surface area (Å²) in [6, 6.07) is 4.96. The molecule has 1 aromatic rings. The van der Waals surface area contributed by atoms with Crippen molar-refractivity contribution in [2.45, 2.75) is 32.2 Å². The molecular weight excluding hydrogens is 324 g/mol. The SMILES string of the molecule is Cc1c(C(=O)N(CCBr)C2CCC2)cccc1[N+](=O)[O-]. The summed E-state index contributed by atoms with van der Waals surface area (Å²) < 4.78 is 0. The molecule has 1 aliphatic rings. The second-order valence-corrected chi connectivity index (χ2v) is 5.77. The molecule has 1 aromatic carbocycles. The summed E-state index contributed by atoms with van der Waals surface area (Å²) in [6.07, 6.45) is 3.18. The molecule has 0 radical (unpaired) electrons. The predicted octanol–water partition coefficient (Wildman–Crippen LogP) is 3.29. The molecule has 0 bridgehead atoms. The largest absolute Gasteiger partial charge is 0.335 e. The highest BCUT2D eigenvalue weighted by atomic mass is 79.9. The average Bonchev–Trinajstić information content (AvgIpc) is 2.35. The summed E-state index contributed by atoms with van der Waals surface area (Å²) in [7, 11) is 0. The van der Waals surface area contributed by atoms with Crippen molar-refractivity contribution < 1.29 is 9.72 Å². The van der Waals surface area contributed by atoms with Crippen LogP contribution in [0.1, 0.15) is 35.2 Å². The van der Waals surface area contributed by atoms with E-state index in [0.717, 1.165) is 19.3 Å². The lowest BCUT2D eigenvalue weighted by molar-refractivity contribution is -0.385. The van der Waals surface area contributed by atoms with Crippen molar-refractivity contribution in [3.8, 4) is 0 Å². The summed E-state index contributed by atoms with van der Waals surface area (Å²) in [5.74, 6) is -0.102. The van der Waals surface area contributed by atoms with Gasteiger partial charge in [-0.2, -0.15) is 0 Å². The van der Waals surface area contributed by atoms with E-state index in [9.17, 15) is 14.9 Å². The third kappa shape index (κ3) is 2.85. The Morgan fingerprint density at radius 2 is 2.20 bits per heavy atom. The van der Waals surface area contributed by atoms with Crippen LogP contribution in [-0.2, 0) is 0 Å². The number of amides is 1. The topological polar surface area (TPSA) is 63.5 Å². The van der Waals surface area contributed by atoms with Crippen LogP contribution >= 0.6 is 15.9 Å². The highest BCUT2D eigenvalue weighted by molar-refractivity contribution is 9.09. The summed E-state index contributed by atoms with van der Waals surface area (Å²) in [4.78, 5) is 25.0. The number of benzene rings is 1. The number of alkyl halides is 1. The first-order valence-electron chi connectivity index (χ1n) is 6.67. The number of hydrogen-bond acceptors (Lipinski definition) is 3. The number of nitrogens with zero attached hydrogens (tertiary/aromatic N) is 2. The van der Waals surface area contributed by atoms with Gasteiger partial charge in [0.15, 0.2) is 0 Å². The minimum atomic E-state index is -0.440. The predicted molar refractivity (Wildman–Crippen MR) is 80.3 cm³/mol. The van der Waals surface area contributed by atoms with E-state index in [-0.39, 0.29) is 17.6 Å². The van der Waals surface area contributed by atoms with E-state index in [4.69, 9.17) is 0 Å². The van der Waals surface area contributed by atoms with Gasteiger partial charge < -0.3 is 4.90 Å². The van der Waals surface area contributed by atoms with E-state index in [2.05, 4.69) is 15.9 Å². The molecule has 0 aromatic heterocycles. The minimum absolute atomic E-state index is 0.00301. The number of hydrogen-bond donors (Lipinski definition) is 0. The molecule has 0 heterocycles. The molecule has 6 heteroatoms. The van der Waals surface area contributed by atoms with Gasteiger partial charge in [-0.05, 0) is 32.3 Å². The van der Waals surface area contributed by atoms with Gasteiger partial charge in [0.2, 0.25) is 0 Å². The maximum Gasteiger partial charge on any atom is 0.273 e. The average molecular weight is 341 g/mol. The molecule has 1 amide bonds. The number of halogens is 1. The van der Waals surface area contributed by atoms with E-state index in [0.29, 0.717) is 23.0 Å². The Balaban J connectivity index is 2.31. The standard InChI is InChI=1S/C14H17BrN2O3/c1-10-12(6-3-7-13(10)17(19)20)14(18)16(9-8-15)11-4-2-5-11/h3,6-7,11H,2,4-5,8-9H2,1H3. The molecule has 1 fully saturated rings. The molecule has 20 heavy (non-hydrogen) atoms. The summed E-state index contributed by atoms with van der Waals surface area (Å²) in [5.41, 5.74) is 0.886. The normalized spacial score (nSPS) is 14.7. The number of nitro groups is 1. The zero-order valence-electron chi connectivity index (χ0n) is 11.3. The van der Waals surface area contributed by atoms with Gasteiger partial charge in [0.1, 0.15) is 0 Å². The van der Waals surface area contributed by atoms with Crippen LogP contribution < -0.4 is 0 Å². The van der Waals surface area contributed by atoms with Gasteiger partial charge in [-0.15, -0.1) is 0 Å². The van der Waals surface area contributed by atoms with Crippen LogP contribution in [0.15, 0.2) is 18.2 Å². The minimum Gasteiger partial charge on any atom is -0.335 e. The van der Waals surface area contributed by atoms with E-state index in [1.807, 2.05) is 4.90 Å². The first-order valence-corrected chi connectivity index (χ1v) is 7.79. The van der Waals surface area contributed by atoms with Crippen molar-refractivity contribution in [3.63, 3.8) is 0 Å². The van der Waals surface area contributed by atoms with E-state index >= 15 is 0 Å². The summed E-state index contributed by atoms with van der Waals surface area (Å²) in [5, 5.41) is 11.7. The highest BCUT2D eigenvalue weighted by Crippen LogP contribution is 2.28. The molecule has 108 valence electrons. The van der Waals surface area contributed by atoms with Crippen molar-refractivity contribution in [1.29, 1.82) is 0 Å². The number of carbonyl (C=O) groups excluding carboxylic acids is 1. The van der Waals surface area contributed by atoms with E-state index in [1.165, 1.54) is 6.07 Å². The summed E-state index contributed by atoms with van der Waals surface area (Å²) in [6.45, 7) is 2.27. The Hall–Kier alpha value is -1.43. The number of nitro benzene ring substituents is 1. The monoisotopic (exact) mass is 340 g/mol. The second-order valence-electron chi connectivity index (χ2n) is 4.98. The molecular formula is C14H17BrN2O3. The fourth-order valence-electron chi connectivity index (χ4n) is 2.45.